The first-order valence-corrected chi connectivity index (χ1v) is 9.04. The van der Waals surface area contributed by atoms with Crippen LogP contribution in [0.4, 0.5) is 10.8 Å². The molecule has 0 aliphatic rings. The summed E-state index contributed by atoms with van der Waals surface area (Å²) in [5.74, 6) is 0.764. The molecule has 1 aromatic carbocycles. The molecule has 0 saturated carbocycles. The fourth-order valence-corrected chi connectivity index (χ4v) is 3.36. The minimum Gasteiger partial charge on any atom is -0.496 e. The number of benzene rings is 1. The summed E-state index contributed by atoms with van der Waals surface area (Å²) in [5.41, 5.74) is 3.33. The molecule has 7 heteroatoms. The molecule has 0 amide bonds. The Morgan fingerprint density at radius 3 is 2.76 bits per heavy atom. The third kappa shape index (κ3) is 4.00. The Morgan fingerprint density at radius 2 is 2.04 bits per heavy atom. The SMILES string of the molecule is COc1cc(-c2csc(NC(C)C)n2)nc2cc(NCCO)ccc12. The molecule has 3 aromatic rings. The number of aromatic nitrogens is 2. The zero-order valence-electron chi connectivity index (χ0n) is 14.5. The van der Waals surface area contributed by atoms with E-state index in [0.717, 1.165) is 38.9 Å². The molecular weight excluding hydrogens is 336 g/mol. The molecule has 2 aromatic heterocycles. The number of hydrogen-bond acceptors (Lipinski definition) is 7. The van der Waals surface area contributed by atoms with E-state index in [1.54, 1.807) is 18.4 Å². The van der Waals surface area contributed by atoms with E-state index in [9.17, 15) is 0 Å². The van der Waals surface area contributed by atoms with Crippen molar-refractivity contribution in [2.24, 2.45) is 0 Å². The highest BCUT2D eigenvalue weighted by atomic mass is 32.1. The fourth-order valence-electron chi connectivity index (χ4n) is 2.51. The normalized spacial score (nSPS) is 11.1. The van der Waals surface area contributed by atoms with Gasteiger partial charge in [0.1, 0.15) is 11.4 Å². The van der Waals surface area contributed by atoms with Crippen LogP contribution >= 0.6 is 11.3 Å². The quantitative estimate of drug-likeness (QED) is 0.599. The van der Waals surface area contributed by atoms with Crippen LogP contribution in [-0.2, 0) is 0 Å². The average molecular weight is 358 g/mol. The van der Waals surface area contributed by atoms with Crippen LogP contribution in [0, 0.1) is 0 Å². The standard InChI is InChI=1S/C18H22N4O2S/c1-11(2)20-18-22-16(10-25-18)15-9-17(24-3)13-5-4-12(19-6-7-23)8-14(13)21-15/h4-5,8-11,19,23H,6-7H2,1-3H3,(H,20,22). The number of aliphatic hydroxyl groups is 1. The topological polar surface area (TPSA) is 79.3 Å². The predicted molar refractivity (Wildman–Crippen MR) is 104 cm³/mol. The van der Waals surface area contributed by atoms with Gasteiger partial charge in [-0.25, -0.2) is 9.97 Å². The van der Waals surface area contributed by atoms with Gasteiger partial charge in [-0.15, -0.1) is 11.3 Å². The highest BCUT2D eigenvalue weighted by Gasteiger charge is 2.12. The van der Waals surface area contributed by atoms with Crippen LogP contribution in [0.3, 0.4) is 0 Å². The molecule has 0 spiro atoms. The van der Waals surface area contributed by atoms with Crippen molar-refractivity contribution >= 4 is 33.1 Å². The summed E-state index contributed by atoms with van der Waals surface area (Å²) in [6, 6.07) is 8.12. The van der Waals surface area contributed by atoms with Gasteiger partial charge in [0, 0.05) is 35.1 Å². The summed E-state index contributed by atoms with van der Waals surface area (Å²) in [6.45, 7) is 4.75. The van der Waals surface area contributed by atoms with Gasteiger partial charge < -0.3 is 20.5 Å². The maximum absolute atomic E-state index is 8.97. The van der Waals surface area contributed by atoms with Crippen LogP contribution in [0.2, 0.25) is 0 Å². The van der Waals surface area contributed by atoms with Gasteiger partial charge in [0.15, 0.2) is 5.13 Å². The van der Waals surface area contributed by atoms with E-state index in [1.165, 1.54) is 0 Å². The molecule has 2 heterocycles. The summed E-state index contributed by atoms with van der Waals surface area (Å²) >= 11 is 1.56. The summed E-state index contributed by atoms with van der Waals surface area (Å²) in [7, 11) is 1.66. The molecule has 3 rings (SSSR count). The Bertz CT molecular complexity index is 863. The molecular formula is C18H22N4O2S. The molecule has 0 saturated heterocycles. The smallest absolute Gasteiger partial charge is 0.183 e. The van der Waals surface area contributed by atoms with E-state index >= 15 is 0 Å². The number of fused-ring (bicyclic) bond motifs is 1. The largest absolute Gasteiger partial charge is 0.496 e. The number of aliphatic hydroxyl groups excluding tert-OH is 1. The number of pyridine rings is 1. The van der Waals surface area contributed by atoms with Crippen LogP contribution < -0.4 is 15.4 Å². The lowest BCUT2D eigenvalue weighted by Gasteiger charge is -2.10. The van der Waals surface area contributed by atoms with Crippen molar-refractivity contribution in [1.29, 1.82) is 0 Å². The fraction of sp³-hybridized carbons (Fsp3) is 0.333. The zero-order chi connectivity index (χ0) is 17.8. The van der Waals surface area contributed by atoms with E-state index < -0.39 is 0 Å². The Morgan fingerprint density at radius 1 is 1.20 bits per heavy atom. The maximum atomic E-state index is 8.97. The van der Waals surface area contributed by atoms with E-state index in [2.05, 4.69) is 29.5 Å². The number of ether oxygens (including phenoxy) is 1. The monoisotopic (exact) mass is 358 g/mol. The number of methoxy groups -OCH3 is 1. The summed E-state index contributed by atoms with van der Waals surface area (Å²) < 4.78 is 5.54. The van der Waals surface area contributed by atoms with Gasteiger partial charge in [0.25, 0.3) is 0 Å². The molecule has 0 unspecified atom stereocenters. The molecule has 25 heavy (non-hydrogen) atoms. The number of hydrogen-bond donors (Lipinski definition) is 3. The minimum atomic E-state index is 0.0826. The van der Waals surface area contributed by atoms with Gasteiger partial charge in [-0.2, -0.15) is 0 Å². The Hall–Kier alpha value is -2.38. The van der Waals surface area contributed by atoms with Crippen molar-refractivity contribution in [3.05, 3.63) is 29.6 Å². The van der Waals surface area contributed by atoms with E-state index in [-0.39, 0.29) is 6.61 Å². The molecule has 3 N–H and O–H groups in total. The second-order valence-corrected chi connectivity index (χ2v) is 6.79. The molecule has 0 aliphatic carbocycles. The van der Waals surface area contributed by atoms with Crippen molar-refractivity contribution in [2.75, 3.05) is 30.9 Å². The number of anilines is 2. The molecule has 0 aliphatic heterocycles. The molecule has 132 valence electrons. The summed E-state index contributed by atoms with van der Waals surface area (Å²) in [4.78, 5) is 9.36. The highest BCUT2D eigenvalue weighted by molar-refractivity contribution is 7.14. The van der Waals surface area contributed by atoms with Gasteiger partial charge in [0.05, 0.1) is 24.9 Å². The van der Waals surface area contributed by atoms with Gasteiger partial charge in [-0.1, -0.05) is 0 Å². The lowest BCUT2D eigenvalue weighted by atomic mass is 10.1. The highest BCUT2D eigenvalue weighted by Crippen LogP contribution is 2.32. The van der Waals surface area contributed by atoms with Gasteiger partial charge in [-0.05, 0) is 32.0 Å². The first-order chi connectivity index (χ1) is 12.1. The lowest BCUT2D eigenvalue weighted by Crippen LogP contribution is -2.09. The van der Waals surface area contributed by atoms with Crippen LogP contribution in [-0.4, -0.2) is 41.4 Å². The van der Waals surface area contributed by atoms with Crippen molar-refractivity contribution in [1.82, 2.24) is 9.97 Å². The third-order valence-corrected chi connectivity index (χ3v) is 4.39. The second-order valence-electron chi connectivity index (χ2n) is 5.93. The van der Waals surface area contributed by atoms with Crippen LogP contribution in [0.1, 0.15) is 13.8 Å². The molecule has 6 nitrogen and oxygen atoms in total. The van der Waals surface area contributed by atoms with E-state index in [0.29, 0.717) is 12.6 Å². The summed E-state index contributed by atoms with van der Waals surface area (Å²) in [5, 5.41) is 19.2. The average Bonchev–Trinajstić information content (AvgIpc) is 3.06. The Labute approximate surface area is 150 Å². The molecule has 0 fully saturated rings. The van der Waals surface area contributed by atoms with Gasteiger partial charge in [-0.3, -0.25) is 0 Å². The van der Waals surface area contributed by atoms with Crippen LogP contribution in [0.15, 0.2) is 29.6 Å². The molecule has 0 atom stereocenters. The second kappa shape index (κ2) is 7.67. The lowest BCUT2D eigenvalue weighted by molar-refractivity contribution is 0.311. The number of nitrogens with one attached hydrogen (secondary N) is 2. The number of thiazole rings is 1. The predicted octanol–water partition coefficient (Wildman–Crippen LogP) is 3.59. The number of rotatable bonds is 7. The van der Waals surface area contributed by atoms with Gasteiger partial charge >= 0.3 is 0 Å². The van der Waals surface area contributed by atoms with Crippen LogP contribution in [0.5, 0.6) is 5.75 Å². The minimum absolute atomic E-state index is 0.0826. The van der Waals surface area contributed by atoms with E-state index in [1.807, 2.05) is 29.6 Å². The zero-order valence-corrected chi connectivity index (χ0v) is 15.4. The van der Waals surface area contributed by atoms with Crippen molar-refractivity contribution < 1.29 is 9.84 Å². The molecule has 0 radical (unpaired) electrons. The maximum Gasteiger partial charge on any atom is 0.183 e. The molecule has 0 bridgehead atoms. The first kappa shape index (κ1) is 17.4. The van der Waals surface area contributed by atoms with Crippen molar-refractivity contribution in [3.8, 4) is 17.1 Å². The van der Waals surface area contributed by atoms with Crippen molar-refractivity contribution in [3.63, 3.8) is 0 Å². The van der Waals surface area contributed by atoms with Gasteiger partial charge in [0.2, 0.25) is 0 Å². The number of nitrogens with zero attached hydrogens (tertiary/aromatic N) is 2. The third-order valence-electron chi connectivity index (χ3n) is 3.61. The van der Waals surface area contributed by atoms with E-state index in [4.69, 9.17) is 14.8 Å². The Kier molecular flexibility index (Phi) is 5.35. The first-order valence-electron chi connectivity index (χ1n) is 8.16. The van der Waals surface area contributed by atoms with Crippen LogP contribution in [0.25, 0.3) is 22.3 Å². The van der Waals surface area contributed by atoms with Crippen molar-refractivity contribution in [2.45, 2.75) is 19.9 Å². The summed E-state index contributed by atoms with van der Waals surface area (Å²) in [6.07, 6.45) is 0. The Balaban J connectivity index is 2.01.